The van der Waals surface area contributed by atoms with Crippen molar-refractivity contribution in [1.82, 2.24) is 19.8 Å². The average molecular weight is 537 g/mol. The van der Waals surface area contributed by atoms with Gasteiger partial charge in [-0.2, -0.15) is 13.2 Å². The van der Waals surface area contributed by atoms with Crippen LogP contribution in [0.25, 0.3) is 11.1 Å². The third kappa shape index (κ3) is 5.63. The van der Waals surface area contributed by atoms with E-state index in [-0.39, 0.29) is 43.4 Å². The maximum Gasteiger partial charge on any atom is 0.395 e. The van der Waals surface area contributed by atoms with Gasteiger partial charge in [-0.1, -0.05) is 12.5 Å². The number of β-amino-alcohol motifs (C(OH)–C–C–N with tert-alkyl or cyclic N) is 1. The van der Waals surface area contributed by atoms with Crippen molar-refractivity contribution in [2.75, 3.05) is 39.3 Å². The Bertz CT molecular complexity index is 1130. The van der Waals surface area contributed by atoms with E-state index < -0.39 is 29.4 Å². The van der Waals surface area contributed by atoms with Crippen LogP contribution in [0, 0.1) is 17.2 Å². The molecule has 1 aromatic carbocycles. The van der Waals surface area contributed by atoms with Crippen LogP contribution in [0.4, 0.5) is 17.6 Å². The van der Waals surface area contributed by atoms with E-state index in [0.717, 1.165) is 12.8 Å². The van der Waals surface area contributed by atoms with Gasteiger partial charge in [-0.15, -0.1) is 0 Å². The van der Waals surface area contributed by atoms with Crippen molar-refractivity contribution in [1.29, 1.82) is 0 Å². The van der Waals surface area contributed by atoms with Gasteiger partial charge < -0.3 is 19.6 Å². The number of amides is 1. The molecule has 0 spiro atoms. The van der Waals surface area contributed by atoms with E-state index in [9.17, 15) is 27.5 Å². The zero-order valence-electron chi connectivity index (χ0n) is 21.1. The van der Waals surface area contributed by atoms with Crippen LogP contribution in [0.3, 0.4) is 0 Å². The fourth-order valence-corrected chi connectivity index (χ4v) is 5.57. The van der Waals surface area contributed by atoms with Crippen molar-refractivity contribution in [2.45, 2.75) is 50.8 Å². The summed E-state index contributed by atoms with van der Waals surface area (Å²) in [6.07, 6.45) is 1.43. The third-order valence-corrected chi connectivity index (χ3v) is 8.21. The Morgan fingerprint density at radius 1 is 1.08 bits per heavy atom. The summed E-state index contributed by atoms with van der Waals surface area (Å²) in [5, 5.41) is 9.63. The van der Waals surface area contributed by atoms with Gasteiger partial charge in [-0.05, 0) is 68.8 Å². The number of aliphatic hydroxyl groups is 1. The Morgan fingerprint density at radius 2 is 1.79 bits per heavy atom. The Labute approximate surface area is 218 Å². The summed E-state index contributed by atoms with van der Waals surface area (Å²) in [7, 11) is 0. The maximum atomic E-state index is 14.7. The summed E-state index contributed by atoms with van der Waals surface area (Å²) in [6.45, 7) is 2.31. The molecule has 3 aliphatic rings. The molecule has 1 N–H and O–H groups in total. The molecule has 7 nitrogen and oxygen atoms in total. The smallest absolute Gasteiger partial charge is 0.395 e. The van der Waals surface area contributed by atoms with Crippen LogP contribution in [0.5, 0.6) is 6.01 Å². The molecule has 1 amide bonds. The molecular formula is C27H32F4N4O3. The molecule has 2 saturated heterocycles. The van der Waals surface area contributed by atoms with Crippen molar-refractivity contribution in [2.24, 2.45) is 11.3 Å². The fourth-order valence-electron chi connectivity index (χ4n) is 5.57. The van der Waals surface area contributed by atoms with Gasteiger partial charge in [0.2, 0.25) is 0 Å². The van der Waals surface area contributed by atoms with Crippen LogP contribution in [0.2, 0.25) is 0 Å². The second kappa shape index (κ2) is 10.8. The van der Waals surface area contributed by atoms with Gasteiger partial charge in [0.05, 0.1) is 23.7 Å². The quantitative estimate of drug-likeness (QED) is 0.532. The molecule has 1 atom stereocenters. The molecule has 11 heteroatoms. The molecule has 1 aromatic heterocycles. The van der Waals surface area contributed by atoms with Crippen LogP contribution in [-0.4, -0.2) is 82.4 Å². The second-order valence-electron chi connectivity index (χ2n) is 10.8. The minimum Gasteiger partial charge on any atom is -0.463 e. The highest BCUT2D eigenvalue weighted by molar-refractivity contribution is 5.95. The molecule has 0 radical (unpaired) electrons. The second-order valence-corrected chi connectivity index (χ2v) is 10.8. The molecule has 1 saturated carbocycles. The van der Waals surface area contributed by atoms with Gasteiger partial charge in [0, 0.05) is 37.6 Å². The number of ether oxygens (including phenoxy) is 1. The lowest BCUT2D eigenvalue weighted by molar-refractivity contribution is -0.256. The third-order valence-electron chi connectivity index (χ3n) is 8.21. The van der Waals surface area contributed by atoms with E-state index in [4.69, 9.17) is 4.74 Å². The molecule has 38 heavy (non-hydrogen) atoms. The number of hydrogen-bond acceptors (Lipinski definition) is 6. The van der Waals surface area contributed by atoms with Crippen molar-refractivity contribution >= 4 is 5.91 Å². The van der Waals surface area contributed by atoms with E-state index in [1.54, 1.807) is 6.07 Å². The van der Waals surface area contributed by atoms with E-state index in [0.29, 0.717) is 50.2 Å². The maximum absolute atomic E-state index is 14.7. The molecule has 5 rings (SSSR count). The summed E-state index contributed by atoms with van der Waals surface area (Å²) >= 11 is 0. The molecule has 1 unspecified atom stereocenters. The summed E-state index contributed by atoms with van der Waals surface area (Å²) in [5.74, 6) is -0.882. The van der Waals surface area contributed by atoms with Gasteiger partial charge in [0.25, 0.3) is 5.91 Å². The number of halogens is 4. The van der Waals surface area contributed by atoms with Gasteiger partial charge in [0.15, 0.2) is 0 Å². The van der Waals surface area contributed by atoms with Gasteiger partial charge in [0.1, 0.15) is 5.82 Å². The summed E-state index contributed by atoms with van der Waals surface area (Å²) in [4.78, 5) is 24.3. The van der Waals surface area contributed by atoms with Gasteiger partial charge in [-0.3, -0.25) is 4.79 Å². The molecule has 3 heterocycles. The standard InChI is InChI=1S/C27H32F4N4O3/c28-23-12-19(2-3-22(23)24(37)35-11-6-21(36)15-35)20-13-32-25(33-14-20)38-16-18-4-9-34(10-5-18)17-26(7-1-8-26)27(29,30)31/h2-3,12-14,18,21,36H,1,4-11,15-17H2. The SMILES string of the molecule is O=C(c1ccc(-c2cnc(OCC3CCN(CC4(C(F)(F)F)CCC4)CC3)nc2)cc1F)N1CCC(O)C1. The lowest BCUT2D eigenvalue weighted by atomic mass is 9.67. The van der Waals surface area contributed by atoms with Gasteiger partial charge in [-0.25, -0.2) is 14.4 Å². The highest BCUT2D eigenvalue weighted by Crippen LogP contribution is 2.53. The number of rotatable bonds is 7. The Balaban J connectivity index is 1.11. The predicted molar refractivity (Wildman–Crippen MR) is 131 cm³/mol. The molecule has 1 aliphatic carbocycles. The van der Waals surface area contributed by atoms with Crippen LogP contribution >= 0.6 is 0 Å². The lowest BCUT2D eigenvalue weighted by Crippen LogP contribution is -2.53. The number of hydrogen-bond donors (Lipinski definition) is 1. The first-order valence-corrected chi connectivity index (χ1v) is 13.1. The average Bonchev–Trinajstić information content (AvgIpc) is 3.31. The lowest BCUT2D eigenvalue weighted by Gasteiger charge is -2.47. The number of alkyl halides is 3. The molecule has 0 bridgehead atoms. The van der Waals surface area contributed by atoms with Crippen LogP contribution < -0.4 is 4.74 Å². The monoisotopic (exact) mass is 536 g/mol. The van der Waals surface area contributed by atoms with Crippen molar-refractivity contribution in [3.8, 4) is 17.1 Å². The Morgan fingerprint density at radius 3 is 2.34 bits per heavy atom. The van der Waals surface area contributed by atoms with Crippen LogP contribution in [-0.2, 0) is 0 Å². The van der Waals surface area contributed by atoms with E-state index in [1.807, 2.05) is 4.90 Å². The number of carbonyl (C=O) groups excluding carboxylic acids is 1. The number of likely N-dealkylation sites (tertiary alicyclic amines) is 2. The molecule has 2 aromatic rings. The van der Waals surface area contributed by atoms with E-state index in [1.165, 1.54) is 29.4 Å². The number of carbonyl (C=O) groups is 1. The number of piperidine rings is 1. The van der Waals surface area contributed by atoms with Crippen molar-refractivity contribution in [3.63, 3.8) is 0 Å². The van der Waals surface area contributed by atoms with Crippen molar-refractivity contribution < 1.29 is 32.2 Å². The Hall–Kier alpha value is -2.79. The largest absolute Gasteiger partial charge is 0.463 e. The molecule has 3 fully saturated rings. The molecular weight excluding hydrogens is 504 g/mol. The number of aliphatic hydroxyl groups excluding tert-OH is 1. The zero-order valence-corrected chi connectivity index (χ0v) is 21.1. The molecule has 2 aliphatic heterocycles. The van der Waals surface area contributed by atoms with Crippen LogP contribution in [0.15, 0.2) is 30.6 Å². The topological polar surface area (TPSA) is 78.8 Å². The normalized spacial score (nSPS) is 22.3. The minimum absolute atomic E-state index is 0.0453. The number of aromatic nitrogens is 2. The summed E-state index contributed by atoms with van der Waals surface area (Å²) in [5.41, 5.74) is -0.490. The van der Waals surface area contributed by atoms with E-state index in [2.05, 4.69) is 9.97 Å². The first-order chi connectivity index (χ1) is 18.1. The highest BCUT2D eigenvalue weighted by Gasteiger charge is 2.58. The summed E-state index contributed by atoms with van der Waals surface area (Å²) in [6, 6.07) is 4.50. The minimum atomic E-state index is -4.14. The first kappa shape index (κ1) is 26.8. The highest BCUT2D eigenvalue weighted by atomic mass is 19.4. The summed E-state index contributed by atoms with van der Waals surface area (Å²) < 4.78 is 60.9. The predicted octanol–water partition coefficient (Wildman–Crippen LogP) is 4.31. The van der Waals surface area contributed by atoms with Crippen molar-refractivity contribution in [3.05, 3.63) is 42.0 Å². The Kier molecular flexibility index (Phi) is 7.59. The molecule has 206 valence electrons. The zero-order chi connectivity index (χ0) is 26.9. The van der Waals surface area contributed by atoms with Gasteiger partial charge >= 0.3 is 12.2 Å². The number of benzene rings is 1. The first-order valence-electron chi connectivity index (χ1n) is 13.1. The number of nitrogens with zero attached hydrogens (tertiary/aromatic N) is 4. The van der Waals surface area contributed by atoms with E-state index >= 15 is 0 Å². The fraction of sp³-hybridized carbons (Fsp3) is 0.593. The van der Waals surface area contributed by atoms with Crippen LogP contribution in [0.1, 0.15) is 48.9 Å².